The van der Waals surface area contributed by atoms with Crippen molar-refractivity contribution in [3.05, 3.63) is 46.4 Å². The molecule has 0 aliphatic carbocycles. The molecule has 0 saturated carbocycles. The highest BCUT2D eigenvalue weighted by molar-refractivity contribution is 14.0. The van der Waals surface area contributed by atoms with Crippen molar-refractivity contribution in [3.63, 3.8) is 0 Å². The molecular formula is C18H26IN5S. The maximum absolute atomic E-state index is 4.44. The quantitative estimate of drug-likeness (QED) is 0.400. The number of aryl methyl sites for hydroxylation is 1. The molecule has 2 aromatic rings. The predicted octanol–water partition coefficient (Wildman–Crippen LogP) is 3.27. The zero-order valence-electron chi connectivity index (χ0n) is 14.7. The number of anilines is 1. The zero-order chi connectivity index (χ0) is 16.8. The normalized spacial score (nSPS) is 17.3. The largest absolute Gasteiger partial charge is 0.369 e. The molecule has 2 N–H and O–H groups in total. The van der Waals surface area contributed by atoms with Gasteiger partial charge in [-0.3, -0.25) is 4.99 Å². The van der Waals surface area contributed by atoms with Crippen LogP contribution in [-0.2, 0) is 13.0 Å². The number of rotatable bonds is 5. The molecule has 0 bridgehead atoms. The summed E-state index contributed by atoms with van der Waals surface area (Å²) in [6, 6.07) is 11.0. The Bertz CT molecular complexity index is 673. The van der Waals surface area contributed by atoms with Gasteiger partial charge in [-0.1, -0.05) is 25.1 Å². The van der Waals surface area contributed by atoms with Crippen LogP contribution in [-0.4, -0.2) is 37.1 Å². The average Bonchev–Trinajstić information content (AvgIpc) is 3.28. The first-order valence-electron chi connectivity index (χ1n) is 8.49. The highest BCUT2D eigenvalue weighted by Gasteiger charge is 2.23. The van der Waals surface area contributed by atoms with E-state index in [1.165, 1.54) is 10.6 Å². The number of aliphatic imine (C=N–C) groups is 1. The summed E-state index contributed by atoms with van der Waals surface area (Å²) in [5.41, 5.74) is 1.29. The van der Waals surface area contributed by atoms with E-state index in [-0.39, 0.29) is 24.0 Å². The molecule has 1 aromatic heterocycles. The van der Waals surface area contributed by atoms with Crippen molar-refractivity contribution in [2.24, 2.45) is 4.99 Å². The highest BCUT2D eigenvalue weighted by atomic mass is 127. The number of hydrogen-bond acceptors (Lipinski definition) is 4. The second-order valence-corrected chi connectivity index (χ2v) is 7.11. The molecule has 1 fully saturated rings. The van der Waals surface area contributed by atoms with Gasteiger partial charge in [0.05, 0.1) is 6.54 Å². The average molecular weight is 471 g/mol. The van der Waals surface area contributed by atoms with Crippen LogP contribution >= 0.6 is 35.3 Å². The second-order valence-electron chi connectivity index (χ2n) is 5.91. The number of benzene rings is 1. The molecule has 1 aliphatic heterocycles. The summed E-state index contributed by atoms with van der Waals surface area (Å²) >= 11 is 1.76. The Morgan fingerprint density at radius 2 is 2.16 bits per heavy atom. The lowest BCUT2D eigenvalue weighted by Gasteiger charge is -2.20. The Labute approximate surface area is 171 Å². The van der Waals surface area contributed by atoms with E-state index < -0.39 is 0 Å². The van der Waals surface area contributed by atoms with Crippen molar-refractivity contribution >= 4 is 47.0 Å². The Morgan fingerprint density at radius 1 is 1.36 bits per heavy atom. The van der Waals surface area contributed by atoms with Crippen molar-refractivity contribution in [1.82, 2.24) is 15.6 Å². The molecular weight excluding hydrogens is 445 g/mol. The standard InChI is InChI=1S/C18H25N5S.HI/c1-3-16-11-20-17(24-16)12-21-18(19-2)22-14-9-10-23(13-14)15-7-5-4-6-8-15;/h4-8,11,14H,3,9-10,12-13H2,1-2H3,(H2,19,21,22);1H. The number of thiazole rings is 1. The Kier molecular flexibility index (Phi) is 7.95. The van der Waals surface area contributed by atoms with Gasteiger partial charge < -0.3 is 15.5 Å². The van der Waals surface area contributed by atoms with E-state index in [1.54, 1.807) is 11.3 Å². The maximum Gasteiger partial charge on any atom is 0.191 e. The van der Waals surface area contributed by atoms with Crippen molar-refractivity contribution in [1.29, 1.82) is 0 Å². The maximum atomic E-state index is 4.44. The summed E-state index contributed by atoms with van der Waals surface area (Å²) < 4.78 is 0. The summed E-state index contributed by atoms with van der Waals surface area (Å²) in [5.74, 6) is 0.850. The zero-order valence-corrected chi connectivity index (χ0v) is 17.9. The van der Waals surface area contributed by atoms with Gasteiger partial charge in [0, 0.05) is 42.9 Å². The summed E-state index contributed by atoms with van der Waals surface area (Å²) in [4.78, 5) is 12.5. The number of guanidine groups is 1. The van der Waals surface area contributed by atoms with E-state index >= 15 is 0 Å². The van der Waals surface area contributed by atoms with E-state index in [2.05, 4.69) is 62.8 Å². The lowest BCUT2D eigenvalue weighted by molar-refractivity contribution is 0.648. The van der Waals surface area contributed by atoms with Gasteiger partial charge in [-0.15, -0.1) is 35.3 Å². The molecule has 3 rings (SSSR count). The van der Waals surface area contributed by atoms with Crippen LogP contribution in [0, 0.1) is 0 Å². The minimum absolute atomic E-state index is 0. The van der Waals surface area contributed by atoms with Crippen molar-refractivity contribution in [2.45, 2.75) is 32.4 Å². The van der Waals surface area contributed by atoms with Crippen LogP contribution in [0.2, 0.25) is 0 Å². The van der Waals surface area contributed by atoms with Gasteiger partial charge in [0.2, 0.25) is 0 Å². The molecule has 7 heteroatoms. The lowest BCUT2D eigenvalue weighted by atomic mass is 10.3. The van der Waals surface area contributed by atoms with Crippen LogP contribution in [0.1, 0.15) is 23.2 Å². The van der Waals surface area contributed by atoms with Crippen LogP contribution in [0.15, 0.2) is 41.5 Å². The van der Waals surface area contributed by atoms with Crippen molar-refractivity contribution in [2.75, 3.05) is 25.0 Å². The number of hydrogen-bond donors (Lipinski definition) is 2. The molecule has 0 amide bonds. The van der Waals surface area contributed by atoms with Gasteiger partial charge in [-0.2, -0.15) is 0 Å². The SMILES string of the molecule is CCc1cnc(CNC(=NC)NC2CCN(c3ccccc3)C2)s1.I. The molecule has 1 atom stereocenters. The lowest BCUT2D eigenvalue weighted by Crippen LogP contribution is -2.44. The van der Waals surface area contributed by atoms with Crippen LogP contribution in [0.3, 0.4) is 0 Å². The summed E-state index contributed by atoms with van der Waals surface area (Å²) in [5, 5.41) is 8.01. The van der Waals surface area contributed by atoms with Gasteiger partial charge in [-0.25, -0.2) is 4.98 Å². The fraction of sp³-hybridized carbons (Fsp3) is 0.444. The van der Waals surface area contributed by atoms with Crippen LogP contribution in [0.5, 0.6) is 0 Å². The Balaban J connectivity index is 0.00000225. The van der Waals surface area contributed by atoms with Crippen molar-refractivity contribution in [3.8, 4) is 0 Å². The smallest absolute Gasteiger partial charge is 0.191 e. The van der Waals surface area contributed by atoms with Gasteiger partial charge in [0.15, 0.2) is 5.96 Å². The summed E-state index contributed by atoms with van der Waals surface area (Å²) in [6.45, 7) is 4.95. The minimum Gasteiger partial charge on any atom is -0.369 e. The van der Waals surface area contributed by atoms with Crippen LogP contribution in [0.4, 0.5) is 5.69 Å². The second kappa shape index (κ2) is 9.96. The van der Waals surface area contributed by atoms with Gasteiger partial charge in [-0.05, 0) is 25.0 Å². The van der Waals surface area contributed by atoms with Gasteiger partial charge in [0.25, 0.3) is 0 Å². The first-order chi connectivity index (χ1) is 11.8. The summed E-state index contributed by atoms with van der Waals surface area (Å²) in [6.07, 6.45) is 4.13. The van der Waals surface area contributed by atoms with Crippen LogP contribution in [0.25, 0.3) is 0 Å². The van der Waals surface area contributed by atoms with Gasteiger partial charge >= 0.3 is 0 Å². The topological polar surface area (TPSA) is 52.6 Å². The number of para-hydroxylation sites is 1. The molecule has 136 valence electrons. The molecule has 1 saturated heterocycles. The number of aromatic nitrogens is 1. The predicted molar refractivity (Wildman–Crippen MR) is 117 cm³/mol. The Hall–Kier alpha value is -1.35. The van der Waals surface area contributed by atoms with E-state index in [0.717, 1.165) is 43.4 Å². The first kappa shape index (κ1) is 20.0. The molecule has 1 unspecified atom stereocenters. The van der Waals surface area contributed by atoms with E-state index in [9.17, 15) is 0 Å². The monoisotopic (exact) mass is 471 g/mol. The molecule has 1 aliphatic rings. The molecule has 0 spiro atoms. The third-order valence-corrected chi connectivity index (χ3v) is 5.37. The minimum atomic E-state index is 0. The molecule has 25 heavy (non-hydrogen) atoms. The molecule has 0 radical (unpaired) electrons. The number of nitrogens with zero attached hydrogens (tertiary/aromatic N) is 3. The highest BCUT2D eigenvalue weighted by Crippen LogP contribution is 2.19. The number of nitrogens with one attached hydrogen (secondary N) is 2. The van der Waals surface area contributed by atoms with Crippen molar-refractivity contribution < 1.29 is 0 Å². The molecule has 1 aromatic carbocycles. The fourth-order valence-electron chi connectivity index (χ4n) is 2.89. The molecule has 2 heterocycles. The van der Waals surface area contributed by atoms with E-state index in [0.29, 0.717) is 6.04 Å². The van der Waals surface area contributed by atoms with E-state index in [4.69, 9.17) is 0 Å². The molecule has 5 nitrogen and oxygen atoms in total. The van der Waals surface area contributed by atoms with Gasteiger partial charge in [0.1, 0.15) is 5.01 Å². The fourth-order valence-corrected chi connectivity index (χ4v) is 3.69. The summed E-state index contributed by atoms with van der Waals surface area (Å²) in [7, 11) is 1.82. The first-order valence-corrected chi connectivity index (χ1v) is 9.31. The third kappa shape index (κ3) is 5.57. The third-order valence-electron chi connectivity index (χ3n) is 4.23. The van der Waals surface area contributed by atoms with Crippen LogP contribution < -0.4 is 15.5 Å². The van der Waals surface area contributed by atoms with E-state index in [1.807, 2.05) is 13.2 Å². The number of halogens is 1. The Morgan fingerprint density at radius 3 is 2.84 bits per heavy atom.